The summed E-state index contributed by atoms with van der Waals surface area (Å²) in [5, 5.41) is 3.08. The quantitative estimate of drug-likeness (QED) is 0.691. The maximum Gasteiger partial charge on any atom is 0.325 e. The van der Waals surface area contributed by atoms with Gasteiger partial charge in [0.25, 0.3) is 0 Å². The molecule has 0 aliphatic heterocycles. The van der Waals surface area contributed by atoms with Crippen molar-refractivity contribution in [3.05, 3.63) is 17.8 Å². The number of nitrogens with one attached hydrogen (secondary N) is 1. The zero-order valence-corrected chi connectivity index (χ0v) is 17.5. The number of aromatic nitrogens is 1. The Kier molecular flexibility index (Phi) is 8.06. The van der Waals surface area contributed by atoms with E-state index in [0.717, 1.165) is 11.3 Å². The monoisotopic (exact) mass is 380 g/mol. The zero-order chi connectivity index (χ0) is 20.7. The Morgan fingerprint density at radius 3 is 2.19 bits per heavy atom. The molecule has 0 fully saturated rings. The fraction of sp³-hybridized carbons (Fsp3) is 0.650. The molecule has 7 nitrogen and oxygen atoms in total. The highest BCUT2D eigenvalue weighted by atomic mass is 16.6. The van der Waals surface area contributed by atoms with Crippen molar-refractivity contribution in [3.63, 3.8) is 0 Å². The summed E-state index contributed by atoms with van der Waals surface area (Å²) < 4.78 is 15.8. The average molecular weight is 380 g/mol. The van der Waals surface area contributed by atoms with E-state index < -0.39 is 11.2 Å². The van der Waals surface area contributed by atoms with Crippen LogP contribution in [0.25, 0.3) is 0 Å². The van der Waals surface area contributed by atoms with Crippen LogP contribution in [0.5, 0.6) is 5.88 Å². The Balaban J connectivity index is 2.68. The molecule has 0 saturated carbocycles. The van der Waals surface area contributed by atoms with E-state index in [1.165, 1.54) is 7.11 Å². The third kappa shape index (κ3) is 9.82. The lowest BCUT2D eigenvalue weighted by molar-refractivity contribution is -0.155. The van der Waals surface area contributed by atoms with Crippen LogP contribution in [0.2, 0.25) is 0 Å². The molecule has 0 radical (unpaired) electrons. The predicted octanol–water partition coefficient (Wildman–Crippen LogP) is 3.51. The standard InChI is InChI=1S/C20H32N2O5/c1-19(2,3)26-17(23)10-8-9-14-12-22-16(25-7)11-15(14)21-13-18(24)27-20(4,5)6/h11-12H,8-10,13H2,1-7H3,(H,21,22). The number of anilines is 1. The first-order valence-electron chi connectivity index (χ1n) is 9.10. The molecular formula is C20H32N2O5. The molecule has 1 rings (SSSR count). The second-order valence-electron chi connectivity index (χ2n) is 8.26. The van der Waals surface area contributed by atoms with Gasteiger partial charge in [-0.3, -0.25) is 9.59 Å². The van der Waals surface area contributed by atoms with Crippen LogP contribution >= 0.6 is 0 Å². The number of ether oxygens (including phenoxy) is 3. The molecule has 1 aromatic rings. The van der Waals surface area contributed by atoms with Crippen LogP contribution in [0, 0.1) is 0 Å². The summed E-state index contributed by atoms with van der Waals surface area (Å²) >= 11 is 0. The van der Waals surface area contributed by atoms with Gasteiger partial charge >= 0.3 is 11.9 Å². The summed E-state index contributed by atoms with van der Waals surface area (Å²) in [4.78, 5) is 28.0. The Labute approximate surface area is 161 Å². The third-order valence-corrected chi connectivity index (χ3v) is 3.26. The van der Waals surface area contributed by atoms with Gasteiger partial charge in [0, 0.05) is 24.4 Å². The van der Waals surface area contributed by atoms with E-state index in [-0.39, 0.29) is 18.5 Å². The van der Waals surface area contributed by atoms with Crippen molar-refractivity contribution < 1.29 is 23.8 Å². The largest absolute Gasteiger partial charge is 0.481 e. The van der Waals surface area contributed by atoms with Crippen LogP contribution in [-0.2, 0) is 25.5 Å². The molecule has 0 bridgehead atoms. The number of nitrogens with zero attached hydrogens (tertiary/aromatic N) is 1. The van der Waals surface area contributed by atoms with E-state index >= 15 is 0 Å². The fourth-order valence-electron chi connectivity index (χ4n) is 2.30. The first-order valence-corrected chi connectivity index (χ1v) is 9.10. The second kappa shape index (κ2) is 9.58. The Hall–Kier alpha value is -2.31. The van der Waals surface area contributed by atoms with Crippen LogP contribution < -0.4 is 10.1 Å². The maximum atomic E-state index is 11.9. The molecular weight excluding hydrogens is 348 g/mol. The summed E-state index contributed by atoms with van der Waals surface area (Å²) in [5.41, 5.74) is 0.601. The van der Waals surface area contributed by atoms with Gasteiger partial charge in [-0.25, -0.2) is 4.98 Å². The lowest BCUT2D eigenvalue weighted by atomic mass is 10.1. The minimum atomic E-state index is -0.537. The summed E-state index contributed by atoms with van der Waals surface area (Å²) in [5.74, 6) is -0.136. The molecule has 1 N–H and O–H groups in total. The Morgan fingerprint density at radius 1 is 1.04 bits per heavy atom. The van der Waals surface area contributed by atoms with Gasteiger partial charge in [0.1, 0.15) is 17.7 Å². The first kappa shape index (κ1) is 22.7. The van der Waals surface area contributed by atoms with E-state index in [1.54, 1.807) is 12.3 Å². The molecule has 0 aliphatic carbocycles. The van der Waals surface area contributed by atoms with E-state index in [4.69, 9.17) is 14.2 Å². The van der Waals surface area contributed by atoms with E-state index in [0.29, 0.717) is 25.1 Å². The SMILES string of the molecule is COc1cc(NCC(=O)OC(C)(C)C)c(CCCC(=O)OC(C)(C)C)cn1. The van der Waals surface area contributed by atoms with Gasteiger partial charge in [0.15, 0.2) is 0 Å². The number of hydrogen-bond donors (Lipinski definition) is 1. The number of rotatable bonds is 8. The molecule has 27 heavy (non-hydrogen) atoms. The van der Waals surface area contributed by atoms with Crippen molar-refractivity contribution in [2.75, 3.05) is 19.0 Å². The van der Waals surface area contributed by atoms with Crippen LogP contribution in [0.1, 0.15) is 59.9 Å². The number of esters is 2. The summed E-state index contributed by atoms with van der Waals surface area (Å²) in [7, 11) is 1.53. The lowest BCUT2D eigenvalue weighted by Crippen LogP contribution is -2.28. The second-order valence-corrected chi connectivity index (χ2v) is 8.26. The zero-order valence-electron chi connectivity index (χ0n) is 17.5. The third-order valence-electron chi connectivity index (χ3n) is 3.26. The van der Waals surface area contributed by atoms with Crippen molar-refractivity contribution in [2.45, 2.75) is 72.0 Å². The topological polar surface area (TPSA) is 86.8 Å². The van der Waals surface area contributed by atoms with Crippen molar-refractivity contribution in [3.8, 4) is 5.88 Å². The number of carbonyl (C=O) groups is 2. The number of carbonyl (C=O) groups excluding carboxylic acids is 2. The minimum absolute atomic E-state index is 0.0313. The molecule has 152 valence electrons. The molecule has 0 aromatic carbocycles. The van der Waals surface area contributed by atoms with Crippen molar-refractivity contribution in [2.24, 2.45) is 0 Å². The van der Waals surface area contributed by atoms with E-state index in [1.807, 2.05) is 41.5 Å². The van der Waals surface area contributed by atoms with Gasteiger partial charge in [-0.05, 0) is 59.9 Å². The fourth-order valence-corrected chi connectivity index (χ4v) is 2.30. The molecule has 0 aliphatic rings. The van der Waals surface area contributed by atoms with Crippen LogP contribution in [0.3, 0.4) is 0 Å². The van der Waals surface area contributed by atoms with Gasteiger partial charge in [-0.2, -0.15) is 0 Å². The number of methoxy groups -OCH3 is 1. The van der Waals surface area contributed by atoms with E-state index in [2.05, 4.69) is 10.3 Å². The van der Waals surface area contributed by atoms with Crippen molar-refractivity contribution >= 4 is 17.6 Å². The maximum absolute atomic E-state index is 11.9. The highest BCUT2D eigenvalue weighted by molar-refractivity contribution is 5.76. The number of hydrogen-bond acceptors (Lipinski definition) is 7. The molecule has 0 saturated heterocycles. The van der Waals surface area contributed by atoms with Gasteiger partial charge in [0.05, 0.1) is 7.11 Å². The summed E-state index contributed by atoms with van der Waals surface area (Å²) in [6.07, 6.45) is 3.23. The molecule has 1 aromatic heterocycles. The Morgan fingerprint density at radius 2 is 1.63 bits per heavy atom. The first-order chi connectivity index (χ1) is 12.4. The molecule has 1 heterocycles. The lowest BCUT2D eigenvalue weighted by Gasteiger charge is -2.20. The van der Waals surface area contributed by atoms with Gasteiger partial charge < -0.3 is 19.5 Å². The van der Waals surface area contributed by atoms with Crippen molar-refractivity contribution in [1.82, 2.24) is 4.98 Å². The number of pyridine rings is 1. The predicted molar refractivity (Wildman–Crippen MR) is 104 cm³/mol. The summed E-state index contributed by atoms with van der Waals surface area (Å²) in [6.45, 7) is 11.0. The number of aryl methyl sites for hydroxylation is 1. The Bertz CT molecular complexity index is 645. The summed E-state index contributed by atoms with van der Waals surface area (Å²) in [6, 6.07) is 1.73. The highest BCUT2D eigenvalue weighted by Crippen LogP contribution is 2.22. The van der Waals surface area contributed by atoms with Gasteiger partial charge in [-0.15, -0.1) is 0 Å². The van der Waals surface area contributed by atoms with Crippen LogP contribution in [-0.4, -0.2) is 41.8 Å². The van der Waals surface area contributed by atoms with Gasteiger partial charge in [0.2, 0.25) is 5.88 Å². The minimum Gasteiger partial charge on any atom is -0.481 e. The van der Waals surface area contributed by atoms with Crippen LogP contribution in [0.15, 0.2) is 12.3 Å². The molecule has 7 heteroatoms. The average Bonchev–Trinajstić information content (AvgIpc) is 2.50. The normalized spacial score (nSPS) is 11.7. The molecule has 0 atom stereocenters. The van der Waals surface area contributed by atoms with Crippen LogP contribution in [0.4, 0.5) is 5.69 Å². The van der Waals surface area contributed by atoms with Crippen molar-refractivity contribution in [1.29, 1.82) is 0 Å². The molecule has 0 unspecified atom stereocenters. The molecule has 0 spiro atoms. The smallest absolute Gasteiger partial charge is 0.325 e. The van der Waals surface area contributed by atoms with E-state index in [9.17, 15) is 9.59 Å². The highest BCUT2D eigenvalue weighted by Gasteiger charge is 2.18. The van der Waals surface area contributed by atoms with Gasteiger partial charge in [-0.1, -0.05) is 0 Å². The molecule has 0 amide bonds.